The molecule has 0 fully saturated rings. The van der Waals surface area contributed by atoms with Crippen molar-refractivity contribution in [3.05, 3.63) is 46.0 Å². The molecule has 0 saturated carbocycles. The van der Waals surface area contributed by atoms with E-state index < -0.39 is 0 Å². The van der Waals surface area contributed by atoms with Crippen LogP contribution >= 0.6 is 15.9 Å². The molecule has 0 radical (unpaired) electrons. The molecule has 6 heteroatoms. The quantitative estimate of drug-likeness (QED) is 0.866. The second-order valence-corrected chi connectivity index (χ2v) is 6.21. The standard InChI is InChI=1S/C15H22BrN5/c1-11-5-6-18-9-12(11)14(17-2)15-13(16)10-19-21(15)8-7-20(3)4/h5-6,9-10,14,17H,7-8H2,1-4H3. The van der Waals surface area contributed by atoms with Crippen molar-refractivity contribution in [2.24, 2.45) is 0 Å². The lowest BCUT2D eigenvalue weighted by molar-refractivity contribution is 0.366. The van der Waals surface area contributed by atoms with Crippen molar-refractivity contribution in [1.82, 2.24) is 25.0 Å². The summed E-state index contributed by atoms with van der Waals surface area (Å²) in [5.74, 6) is 0. The summed E-state index contributed by atoms with van der Waals surface area (Å²) in [5.41, 5.74) is 3.53. The third-order valence-electron chi connectivity index (χ3n) is 3.54. The average molecular weight is 352 g/mol. The van der Waals surface area contributed by atoms with E-state index in [1.165, 1.54) is 11.1 Å². The second-order valence-electron chi connectivity index (χ2n) is 5.36. The van der Waals surface area contributed by atoms with Crippen molar-refractivity contribution in [3.63, 3.8) is 0 Å². The van der Waals surface area contributed by atoms with Gasteiger partial charge in [-0.2, -0.15) is 5.10 Å². The van der Waals surface area contributed by atoms with Crippen molar-refractivity contribution in [2.75, 3.05) is 27.7 Å². The van der Waals surface area contributed by atoms with Gasteiger partial charge < -0.3 is 10.2 Å². The molecule has 0 aliphatic rings. The maximum atomic E-state index is 4.49. The molecular formula is C15H22BrN5. The van der Waals surface area contributed by atoms with E-state index in [0.717, 1.165) is 23.3 Å². The summed E-state index contributed by atoms with van der Waals surface area (Å²) < 4.78 is 3.07. The van der Waals surface area contributed by atoms with Crippen LogP contribution in [0, 0.1) is 6.92 Å². The Hall–Kier alpha value is -1.24. The van der Waals surface area contributed by atoms with Gasteiger partial charge in [-0.1, -0.05) is 0 Å². The first kappa shape index (κ1) is 16.1. The van der Waals surface area contributed by atoms with Crippen LogP contribution in [0.3, 0.4) is 0 Å². The van der Waals surface area contributed by atoms with E-state index in [4.69, 9.17) is 0 Å². The van der Waals surface area contributed by atoms with Crippen LogP contribution in [0.4, 0.5) is 0 Å². The molecule has 0 aliphatic heterocycles. The van der Waals surface area contributed by atoms with Gasteiger partial charge in [0, 0.05) is 18.9 Å². The second kappa shape index (κ2) is 7.15. The van der Waals surface area contributed by atoms with Gasteiger partial charge in [0.1, 0.15) is 0 Å². The normalized spacial score (nSPS) is 12.9. The molecule has 1 atom stereocenters. The zero-order valence-corrected chi connectivity index (χ0v) is 14.6. The van der Waals surface area contributed by atoms with E-state index in [-0.39, 0.29) is 6.04 Å². The number of nitrogens with one attached hydrogen (secondary N) is 1. The van der Waals surface area contributed by atoms with E-state index in [1.54, 1.807) is 0 Å². The highest BCUT2D eigenvalue weighted by Crippen LogP contribution is 2.29. The smallest absolute Gasteiger partial charge is 0.0775 e. The van der Waals surface area contributed by atoms with Crippen LogP contribution in [0.5, 0.6) is 0 Å². The number of aryl methyl sites for hydroxylation is 1. The number of halogens is 1. The number of aromatic nitrogens is 3. The Morgan fingerprint density at radius 1 is 1.38 bits per heavy atom. The minimum absolute atomic E-state index is 0.0673. The molecule has 114 valence electrons. The lowest BCUT2D eigenvalue weighted by Gasteiger charge is -2.21. The molecule has 0 bridgehead atoms. The van der Waals surface area contributed by atoms with Gasteiger partial charge in [-0.15, -0.1) is 0 Å². The van der Waals surface area contributed by atoms with Crippen LogP contribution in [-0.2, 0) is 6.54 Å². The molecule has 2 aromatic heterocycles. The molecule has 1 N–H and O–H groups in total. The van der Waals surface area contributed by atoms with Crippen molar-refractivity contribution >= 4 is 15.9 Å². The summed E-state index contributed by atoms with van der Waals surface area (Å²) in [6.45, 7) is 3.91. The molecule has 0 amide bonds. The van der Waals surface area contributed by atoms with E-state index in [1.807, 2.05) is 31.7 Å². The highest BCUT2D eigenvalue weighted by atomic mass is 79.9. The lowest BCUT2D eigenvalue weighted by Crippen LogP contribution is -2.26. The van der Waals surface area contributed by atoms with Crippen LogP contribution in [0.2, 0.25) is 0 Å². The number of likely N-dealkylation sites (N-methyl/N-ethyl adjacent to an activating group) is 1. The Labute approximate surface area is 134 Å². The Kier molecular flexibility index (Phi) is 5.50. The molecule has 0 aromatic carbocycles. The predicted octanol–water partition coefficient (Wildman–Crippen LogP) is 2.22. The fourth-order valence-electron chi connectivity index (χ4n) is 2.35. The maximum absolute atomic E-state index is 4.49. The Bertz CT molecular complexity index is 593. The van der Waals surface area contributed by atoms with Gasteiger partial charge in [-0.25, -0.2) is 0 Å². The molecule has 21 heavy (non-hydrogen) atoms. The Balaban J connectivity index is 2.38. The molecule has 1 unspecified atom stereocenters. The lowest BCUT2D eigenvalue weighted by atomic mass is 10.0. The first-order chi connectivity index (χ1) is 10.0. The molecule has 0 saturated heterocycles. The summed E-state index contributed by atoms with van der Waals surface area (Å²) in [7, 11) is 6.10. The van der Waals surface area contributed by atoms with Gasteiger partial charge in [-0.05, 0) is 61.2 Å². The molecule has 2 rings (SSSR count). The van der Waals surface area contributed by atoms with E-state index in [0.29, 0.717) is 0 Å². The van der Waals surface area contributed by atoms with Crippen molar-refractivity contribution in [3.8, 4) is 0 Å². The molecular weight excluding hydrogens is 330 g/mol. The monoisotopic (exact) mass is 351 g/mol. The van der Waals surface area contributed by atoms with Gasteiger partial charge in [0.25, 0.3) is 0 Å². The minimum Gasteiger partial charge on any atom is -0.308 e. The first-order valence-corrected chi connectivity index (χ1v) is 7.77. The summed E-state index contributed by atoms with van der Waals surface area (Å²) >= 11 is 3.63. The molecule has 2 heterocycles. The van der Waals surface area contributed by atoms with Gasteiger partial charge in [-0.3, -0.25) is 9.67 Å². The zero-order valence-electron chi connectivity index (χ0n) is 13.0. The summed E-state index contributed by atoms with van der Waals surface area (Å²) in [5, 5.41) is 7.88. The van der Waals surface area contributed by atoms with Gasteiger partial charge in [0.2, 0.25) is 0 Å². The Morgan fingerprint density at radius 2 is 2.14 bits per heavy atom. The fraction of sp³-hybridized carbons (Fsp3) is 0.467. The van der Waals surface area contributed by atoms with Gasteiger partial charge >= 0.3 is 0 Å². The van der Waals surface area contributed by atoms with Crippen LogP contribution in [0.15, 0.2) is 29.1 Å². The fourth-order valence-corrected chi connectivity index (χ4v) is 2.87. The highest BCUT2D eigenvalue weighted by molar-refractivity contribution is 9.10. The van der Waals surface area contributed by atoms with E-state index in [2.05, 4.69) is 61.9 Å². The van der Waals surface area contributed by atoms with Crippen LogP contribution in [0.25, 0.3) is 0 Å². The minimum atomic E-state index is 0.0673. The maximum Gasteiger partial charge on any atom is 0.0775 e. The molecule has 0 spiro atoms. The summed E-state index contributed by atoms with van der Waals surface area (Å²) in [6.07, 6.45) is 5.61. The SMILES string of the molecule is CNC(c1cnccc1C)c1c(Br)cnn1CCN(C)C. The first-order valence-electron chi connectivity index (χ1n) is 6.98. The van der Waals surface area contributed by atoms with Gasteiger partial charge in [0.05, 0.1) is 29.0 Å². The third-order valence-corrected chi connectivity index (χ3v) is 4.16. The van der Waals surface area contributed by atoms with Gasteiger partial charge in [0.15, 0.2) is 0 Å². The predicted molar refractivity (Wildman–Crippen MR) is 88.4 cm³/mol. The van der Waals surface area contributed by atoms with E-state index >= 15 is 0 Å². The zero-order chi connectivity index (χ0) is 15.4. The topological polar surface area (TPSA) is 46.0 Å². The van der Waals surface area contributed by atoms with Crippen LogP contribution < -0.4 is 5.32 Å². The van der Waals surface area contributed by atoms with Crippen molar-refractivity contribution in [1.29, 1.82) is 0 Å². The van der Waals surface area contributed by atoms with E-state index in [9.17, 15) is 0 Å². The average Bonchev–Trinajstić information content (AvgIpc) is 2.81. The third kappa shape index (κ3) is 3.70. The van der Waals surface area contributed by atoms with Crippen molar-refractivity contribution < 1.29 is 0 Å². The van der Waals surface area contributed by atoms with Crippen LogP contribution in [-0.4, -0.2) is 47.4 Å². The molecule has 5 nitrogen and oxygen atoms in total. The number of rotatable bonds is 6. The number of hydrogen-bond acceptors (Lipinski definition) is 4. The Morgan fingerprint density at radius 3 is 2.76 bits per heavy atom. The summed E-state index contributed by atoms with van der Waals surface area (Å²) in [4.78, 5) is 6.42. The number of hydrogen-bond donors (Lipinski definition) is 1. The number of nitrogens with zero attached hydrogens (tertiary/aromatic N) is 4. The number of pyridine rings is 1. The van der Waals surface area contributed by atoms with Crippen LogP contribution in [0.1, 0.15) is 22.9 Å². The van der Waals surface area contributed by atoms with Crippen molar-refractivity contribution in [2.45, 2.75) is 19.5 Å². The molecule has 2 aromatic rings. The summed E-state index contributed by atoms with van der Waals surface area (Å²) in [6, 6.07) is 2.10. The molecule has 0 aliphatic carbocycles. The highest BCUT2D eigenvalue weighted by Gasteiger charge is 2.22. The largest absolute Gasteiger partial charge is 0.308 e.